The summed E-state index contributed by atoms with van der Waals surface area (Å²) in [6.45, 7) is 2.93. The van der Waals surface area contributed by atoms with Gasteiger partial charge < -0.3 is 15.2 Å². The molecule has 0 unspecified atom stereocenters. The van der Waals surface area contributed by atoms with Crippen LogP contribution in [0.15, 0.2) is 30.5 Å². The van der Waals surface area contributed by atoms with Crippen LogP contribution < -0.4 is 5.32 Å². The van der Waals surface area contributed by atoms with E-state index in [4.69, 9.17) is 0 Å². The SMILES string of the molecule is C[C@@H]1C[C@@H]1C(=O)NCCC(=O)N1CCC[C@@H]1c1ncc(-c2cccc(C(F)(F)F)c2)[nH]1. The van der Waals surface area contributed by atoms with Gasteiger partial charge in [-0.15, -0.1) is 0 Å². The van der Waals surface area contributed by atoms with Crippen LogP contribution in [0, 0.1) is 11.8 Å². The van der Waals surface area contributed by atoms with Gasteiger partial charge in [0.05, 0.1) is 23.5 Å². The van der Waals surface area contributed by atoms with Gasteiger partial charge in [-0.05, 0) is 37.3 Å². The number of H-pyrrole nitrogens is 1. The van der Waals surface area contributed by atoms with Crippen molar-refractivity contribution in [2.24, 2.45) is 11.8 Å². The molecule has 2 amide bonds. The van der Waals surface area contributed by atoms with E-state index in [1.54, 1.807) is 11.0 Å². The van der Waals surface area contributed by atoms with E-state index < -0.39 is 11.7 Å². The quantitative estimate of drug-likeness (QED) is 0.723. The first-order valence-electron chi connectivity index (χ1n) is 10.5. The highest BCUT2D eigenvalue weighted by atomic mass is 19.4. The standard InChI is InChI=1S/C22H25F3N4O2/c1-13-10-16(13)21(31)26-8-7-19(30)29-9-3-6-18(29)20-27-12-17(28-20)14-4-2-5-15(11-14)22(23,24)25/h2,4-5,11-13,16,18H,3,6-10H2,1H3,(H,26,31)(H,27,28)/t13-,16+,18-/m1/s1. The number of alkyl halides is 3. The van der Waals surface area contributed by atoms with Gasteiger partial charge in [0.1, 0.15) is 5.82 Å². The van der Waals surface area contributed by atoms with Crippen molar-refractivity contribution in [1.29, 1.82) is 0 Å². The Morgan fingerprint density at radius 3 is 2.81 bits per heavy atom. The van der Waals surface area contributed by atoms with Crippen LogP contribution in [0.5, 0.6) is 0 Å². The first-order chi connectivity index (χ1) is 14.7. The number of hydrogen-bond acceptors (Lipinski definition) is 3. The van der Waals surface area contributed by atoms with Crippen LogP contribution in [0.25, 0.3) is 11.3 Å². The number of nitrogens with zero attached hydrogens (tertiary/aromatic N) is 2. The monoisotopic (exact) mass is 434 g/mol. The number of imidazole rings is 1. The summed E-state index contributed by atoms with van der Waals surface area (Å²) in [5.74, 6) is 1.00. The zero-order chi connectivity index (χ0) is 22.2. The zero-order valence-corrected chi connectivity index (χ0v) is 17.2. The van der Waals surface area contributed by atoms with Crippen molar-refractivity contribution in [3.63, 3.8) is 0 Å². The third-order valence-corrected chi connectivity index (χ3v) is 6.07. The Morgan fingerprint density at radius 2 is 2.10 bits per heavy atom. The van der Waals surface area contributed by atoms with Crippen LogP contribution >= 0.6 is 0 Å². The van der Waals surface area contributed by atoms with Crippen molar-refractivity contribution in [1.82, 2.24) is 20.2 Å². The third kappa shape index (κ3) is 4.75. The lowest BCUT2D eigenvalue weighted by Gasteiger charge is -2.23. The number of hydrogen-bond donors (Lipinski definition) is 2. The maximum Gasteiger partial charge on any atom is 0.416 e. The summed E-state index contributed by atoms with van der Waals surface area (Å²) in [5, 5.41) is 2.83. The molecule has 1 saturated carbocycles. The van der Waals surface area contributed by atoms with Crippen molar-refractivity contribution < 1.29 is 22.8 Å². The van der Waals surface area contributed by atoms with E-state index in [1.165, 1.54) is 12.3 Å². The second-order valence-electron chi connectivity index (χ2n) is 8.37. The molecule has 4 rings (SSSR count). The van der Waals surface area contributed by atoms with Crippen molar-refractivity contribution in [3.8, 4) is 11.3 Å². The predicted molar refractivity (Wildman–Crippen MR) is 108 cm³/mol. The Hall–Kier alpha value is -2.84. The second kappa shape index (κ2) is 8.36. The minimum atomic E-state index is -4.42. The van der Waals surface area contributed by atoms with Crippen molar-refractivity contribution in [2.75, 3.05) is 13.1 Å². The first-order valence-corrected chi connectivity index (χ1v) is 10.5. The van der Waals surface area contributed by atoms with Crippen molar-refractivity contribution >= 4 is 11.8 Å². The number of likely N-dealkylation sites (tertiary alicyclic amines) is 1. The Morgan fingerprint density at radius 1 is 1.32 bits per heavy atom. The van der Waals surface area contributed by atoms with Crippen LogP contribution in [0.2, 0.25) is 0 Å². The molecule has 2 aliphatic rings. The molecule has 0 spiro atoms. The van der Waals surface area contributed by atoms with E-state index in [2.05, 4.69) is 15.3 Å². The summed E-state index contributed by atoms with van der Waals surface area (Å²) in [6, 6.07) is 4.82. The molecule has 1 aromatic carbocycles. The predicted octanol–water partition coefficient (Wildman–Crippen LogP) is 3.92. The van der Waals surface area contributed by atoms with Gasteiger partial charge in [-0.25, -0.2) is 4.98 Å². The van der Waals surface area contributed by atoms with E-state index >= 15 is 0 Å². The molecule has 1 aliphatic carbocycles. The zero-order valence-electron chi connectivity index (χ0n) is 17.2. The van der Waals surface area contributed by atoms with Gasteiger partial charge in [-0.2, -0.15) is 13.2 Å². The van der Waals surface area contributed by atoms with Gasteiger partial charge >= 0.3 is 6.18 Å². The summed E-state index contributed by atoms with van der Waals surface area (Å²) in [4.78, 5) is 33.8. The van der Waals surface area contributed by atoms with Crippen LogP contribution in [0.4, 0.5) is 13.2 Å². The van der Waals surface area contributed by atoms with Crippen LogP contribution in [-0.4, -0.2) is 39.8 Å². The average molecular weight is 434 g/mol. The Balaban J connectivity index is 1.39. The van der Waals surface area contributed by atoms with Gasteiger partial charge in [0.25, 0.3) is 0 Å². The topological polar surface area (TPSA) is 78.1 Å². The maximum absolute atomic E-state index is 13.0. The van der Waals surface area contributed by atoms with Crippen molar-refractivity contribution in [2.45, 2.75) is 44.8 Å². The number of rotatable bonds is 6. The fraction of sp³-hybridized carbons (Fsp3) is 0.500. The first kappa shape index (κ1) is 21.4. The lowest BCUT2D eigenvalue weighted by atomic mass is 10.1. The molecule has 31 heavy (non-hydrogen) atoms. The van der Waals surface area contributed by atoms with E-state index in [-0.39, 0.29) is 30.2 Å². The van der Waals surface area contributed by atoms with E-state index in [0.29, 0.717) is 36.1 Å². The summed E-state index contributed by atoms with van der Waals surface area (Å²) < 4.78 is 39.0. The van der Waals surface area contributed by atoms with Crippen LogP contribution in [-0.2, 0) is 15.8 Å². The fourth-order valence-corrected chi connectivity index (χ4v) is 4.12. The fourth-order valence-electron chi connectivity index (χ4n) is 4.12. The van der Waals surface area contributed by atoms with Gasteiger partial charge in [-0.3, -0.25) is 9.59 Å². The Bertz CT molecular complexity index is 972. The number of aromatic nitrogens is 2. The smallest absolute Gasteiger partial charge is 0.355 e. The second-order valence-corrected chi connectivity index (χ2v) is 8.37. The molecule has 1 aromatic heterocycles. The van der Waals surface area contributed by atoms with Crippen LogP contribution in [0.3, 0.4) is 0 Å². The molecule has 0 radical (unpaired) electrons. The highest BCUT2D eigenvalue weighted by Gasteiger charge is 2.39. The largest absolute Gasteiger partial charge is 0.416 e. The summed E-state index contributed by atoms with van der Waals surface area (Å²) in [5.41, 5.74) is 0.147. The number of nitrogens with one attached hydrogen (secondary N) is 2. The van der Waals surface area contributed by atoms with Gasteiger partial charge in [0.15, 0.2) is 0 Å². The van der Waals surface area contributed by atoms with Gasteiger partial charge in [-0.1, -0.05) is 19.1 Å². The number of benzene rings is 1. The third-order valence-electron chi connectivity index (χ3n) is 6.07. The molecular weight excluding hydrogens is 409 g/mol. The summed E-state index contributed by atoms with van der Waals surface area (Å²) in [6.07, 6.45) is -0.246. The van der Waals surface area contributed by atoms with Crippen molar-refractivity contribution in [3.05, 3.63) is 41.9 Å². The van der Waals surface area contributed by atoms with E-state index in [0.717, 1.165) is 31.4 Å². The molecular formula is C22H25F3N4O2. The molecule has 6 nitrogen and oxygen atoms in total. The Labute approximate surface area is 178 Å². The van der Waals surface area contributed by atoms with Gasteiger partial charge in [0, 0.05) is 31.0 Å². The number of aromatic amines is 1. The molecule has 0 bridgehead atoms. The lowest BCUT2D eigenvalue weighted by molar-refractivity contribution is -0.137. The molecule has 3 atom stereocenters. The highest BCUT2D eigenvalue weighted by molar-refractivity contribution is 5.82. The molecule has 2 fully saturated rings. The lowest BCUT2D eigenvalue weighted by Crippen LogP contribution is -2.35. The average Bonchev–Trinajstić information content (AvgIpc) is 3.13. The van der Waals surface area contributed by atoms with Gasteiger partial charge in [0.2, 0.25) is 11.8 Å². The molecule has 9 heteroatoms. The van der Waals surface area contributed by atoms with Crippen LogP contribution in [0.1, 0.15) is 50.0 Å². The number of halogens is 3. The summed E-state index contributed by atoms with van der Waals surface area (Å²) >= 11 is 0. The van der Waals surface area contributed by atoms with E-state index in [1.807, 2.05) is 6.92 Å². The molecule has 166 valence electrons. The normalized spacial score (nSPS) is 23.1. The molecule has 1 saturated heterocycles. The van der Waals surface area contributed by atoms with E-state index in [9.17, 15) is 22.8 Å². The Kier molecular flexibility index (Phi) is 5.77. The summed E-state index contributed by atoms with van der Waals surface area (Å²) in [7, 11) is 0. The number of carbonyl (C=O) groups is 2. The molecule has 2 aromatic rings. The number of amides is 2. The molecule has 2 heterocycles. The number of carbonyl (C=O) groups excluding carboxylic acids is 2. The molecule has 1 aliphatic heterocycles. The highest BCUT2D eigenvalue weighted by Crippen LogP contribution is 2.37. The minimum absolute atomic E-state index is 0.00929. The minimum Gasteiger partial charge on any atom is -0.355 e. The maximum atomic E-state index is 13.0. The molecule has 2 N–H and O–H groups in total.